The van der Waals surface area contributed by atoms with Crippen molar-refractivity contribution in [3.63, 3.8) is 0 Å². The first-order chi connectivity index (χ1) is 7.16. The summed E-state index contributed by atoms with van der Waals surface area (Å²) in [7, 11) is 0. The summed E-state index contributed by atoms with van der Waals surface area (Å²) in [5.41, 5.74) is 1.91. The molecule has 0 spiro atoms. The molecule has 0 unspecified atom stereocenters. The van der Waals surface area contributed by atoms with E-state index in [0.717, 1.165) is 13.2 Å². The molecule has 2 nitrogen and oxygen atoms in total. The fraction of sp³-hybridized carbons (Fsp3) is 0.692. The lowest BCUT2D eigenvalue weighted by molar-refractivity contribution is -0.00159. The zero-order valence-electron chi connectivity index (χ0n) is 9.66. The Labute approximate surface area is 92.0 Å². The minimum absolute atomic E-state index is 0.110. The molecule has 0 saturated carbocycles. The minimum Gasteiger partial charge on any atom is -0.347 e. The summed E-state index contributed by atoms with van der Waals surface area (Å²) in [5, 5.41) is 0. The van der Waals surface area contributed by atoms with E-state index in [2.05, 4.69) is 26.0 Å². The quantitative estimate of drug-likeness (QED) is 0.694. The van der Waals surface area contributed by atoms with E-state index in [1.54, 1.807) is 0 Å². The summed E-state index contributed by atoms with van der Waals surface area (Å²) in [6.45, 7) is 6.10. The molecule has 0 bridgehead atoms. The topological polar surface area (TPSA) is 18.5 Å². The van der Waals surface area contributed by atoms with Gasteiger partial charge in [0, 0.05) is 0 Å². The van der Waals surface area contributed by atoms with Gasteiger partial charge in [0.25, 0.3) is 0 Å². The molecule has 0 atom stereocenters. The van der Waals surface area contributed by atoms with E-state index in [1.165, 1.54) is 24.8 Å². The summed E-state index contributed by atoms with van der Waals surface area (Å²) in [6.07, 6.45) is 10.0. The van der Waals surface area contributed by atoms with Crippen molar-refractivity contribution in [3.8, 4) is 0 Å². The molecular weight excluding hydrogens is 188 g/mol. The smallest absolute Gasteiger partial charge is 0.177 e. The molecule has 0 aromatic rings. The zero-order valence-corrected chi connectivity index (χ0v) is 9.66. The predicted octanol–water partition coefficient (Wildman–Crippen LogP) is 3.05. The summed E-state index contributed by atoms with van der Waals surface area (Å²) >= 11 is 0. The minimum atomic E-state index is -0.110. The van der Waals surface area contributed by atoms with Crippen LogP contribution in [0.1, 0.15) is 33.1 Å². The van der Waals surface area contributed by atoms with Crippen LogP contribution in [0.4, 0.5) is 0 Å². The average Bonchev–Trinajstić information content (AvgIpc) is 2.69. The van der Waals surface area contributed by atoms with Gasteiger partial charge in [-0.2, -0.15) is 0 Å². The molecular formula is C13H20O2. The molecule has 1 heterocycles. The Morgan fingerprint density at radius 3 is 2.67 bits per heavy atom. The maximum Gasteiger partial charge on any atom is 0.177 e. The molecule has 0 N–H and O–H groups in total. The van der Waals surface area contributed by atoms with Crippen LogP contribution in [0.5, 0.6) is 0 Å². The maximum atomic E-state index is 5.35. The summed E-state index contributed by atoms with van der Waals surface area (Å²) < 4.78 is 10.7. The highest BCUT2D eigenvalue weighted by atomic mass is 16.7. The van der Waals surface area contributed by atoms with Crippen LogP contribution in [-0.2, 0) is 9.47 Å². The van der Waals surface area contributed by atoms with Gasteiger partial charge in [-0.3, -0.25) is 0 Å². The van der Waals surface area contributed by atoms with Crippen LogP contribution < -0.4 is 0 Å². The van der Waals surface area contributed by atoms with E-state index >= 15 is 0 Å². The lowest BCUT2D eigenvalue weighted by Gasteiger charge is -2.27. The standard InChI is InChI=1S/C13H20O2/c1-13(2)7-5-11(6-8-13)3-4-12-14-9-10-15-12/h3-5,12H,6-10H2,1-2H3/b4-3+. The Balaban J connectivity index is 1.87. The number of hydrogen-bond donors (Lipinski definition) is 0. The molecule has 1 aliphatic carbocycles. The van der Waals surface area contributed by atoms with Gasteiger partial charge in [-0.15, -0.1) is 0 Å². The van der Waals surface area contributed by atoms with E-state index in [1.807, 2.05) is 6.08 Å². The second kappa shape index (κ2) is 4.50. The molecule has 84 valence electrons. The van der Waals surface area contributed by atoms with Crippen LogP contribution in [0.15, 0.2) is 23.8 Å². The largest absolute Gasteiger partial charge is 0.347 e. The van der Waals surface area contributed by atoms with Crippen molar-refractivity contribution in [3.05, 3.63) is 23.8 Å². The van der Waals surface area contributed by atoms with Gasteiger partial charge in [-0.25, -0.2) is 0 Å². The average molecular weight is 208 g/mol. The van der Waals surface area contributed by atoms with Gasteiger partial charge in [0.15, 0.2) is 6.29 Å². The van der Waals surface area contributed by atoms with E-state index < -0.39 is 0 Å². The van der Waals surface area contributed by atoms with Gasteiger partial charge in [0.1, 0.15) is 0 Å². The van der Waals surface area contributed by atoms with Gasteiger partial charge in [-0.1, -0.05) is 31.6 Å². The number of allylic oxidation sites excluding steroid dienone is 3. The second-order valence-corrected chi connectivity index (χ2v) is 5.12. The fourth-order valence-corrected chi connectivity index (χ4v) is 1.94. The Bertz CT molecular complexity index is 270. The Morgan fingerprint density at radius 2 is 2.07 bits per heavy atom. The van der Waals surface area contributed by atoms with Crippen molar-refractivity contribution in [2.24, 2.45) is 5.41 Å². The predicted molar refractivity (Wildman–Crippen MR) is 60.5 cm³/mol. The van der Waals surface area contributed by atoms with Gasteiger partial charge in [-0.05, 0) is 30.8 Å². The third-order valence-corrected chi connectivity index (χ3v) is 3.12. The maximum absolute atomic E-state index is 5.35. The second-order valence-electron chi connectivity index (χ2n) is 5.12. The Hall–Kier alpha value is -0.600. The Kier molecular flexibility index (Phi) is 3.27. The Morgan fingerprint density at radius 1 is 1.33 bits per heavy atom. The van der Waals surface area contributed by atoms with Gasteiger partial charge < -0.3 is 9.47 Å². The lowest BCUT2D eigenvalue weighted by atomic mass is 9.78. The molecule has 15 heavy (non-hydrogen) atoms. The molecule has 0 aromatic carbocycles. The first kappa shape index (κ1) is 10.9. The summed E-state index contributed by atoms with van der Waals surface area (Å²) in [4.78, 5) is 0. The fourth-order valence-electron chi connectivity index (χ4n) is 1.94. The van der Waals surface area contributed by atoms with Gasteiger partial charge >= 0.3 is 0 Å². The van der Waals surface area contributed by atoms with Gasteiger partial charge in [0.05, 0.1) is 13.2 Å². The molecule has 0 amide bonds. The molecule has 1 fully saturated rings. The lowest BCUT2D eigenvalue weighted by Crippen LogP contribution is -2.14. The van der Waals surface area contributed by atoms with Crippen molar-refractivity contribution < 1.29 is 9.47 Å². The van der Waals surface area contributed by atoms with E-state index in [-0.39, 0.29) is 6.29 Å². The van der Waals surface area contributed by atoms with Crippen LogP contribution in [0, 0.1) is 5.41 Å². The van der Waals surface area contributed by atoms with Crippen molar-refractivity contribution >= 4 is 0 Å². The van der Waals surface area contributed by atoms with E-state index in [4.69, 9.17) is 9.47 Å². The molecule has 0 radical (unpaired) electrons. The molecule has 1 saturated heterocycles. The van der Waals surface area contributed by atoms with Crippen LogP contribution in [0.2, 0.25) is 0 Å². The molecule has 2 aliphatic rings. The molecule has 0 aromatic heterocycles. The van der Waals surface area contributed by atoms with Crippen molar-refractivity contribution in [1.29, 1.82) is 0 Å². The van der Waals surface area contributed by atoms with Crippen molar-refractivity contribution in [2.75, 3.05) is 13.2 Å². The molecule has 2 heteroatoms. The third-order valence-electron chi connectivity index (χ3n) is 3.12. The summed E-state index contributed by atoms with van der Waals surface area (Å²) in [6, 6.07) is 0. The van der Waals surface area contributed by atoms with Crippen molar-refractivity contribution in [2.45, 2.75) is 39.4 Å². The van der Waals surface area contributed by atoms with Crippen LogP contribution in [0.3, 0.4) is 0 Å². The summed E-state index contributed by atoms with van der Waals surface area (Å²) in [5.74, 6) is 0. The number of rotatable bonds is 2. The molecule has 1 aliphatic heterocycles. The third kappa shape index (κ3) is 3.18. The first-order valence-corrected chi connectivity index (χ1v) is 5.76. The van der Waals surface area contributed by atoms with Gasteiger partial charge in [0.2, 0.25) is 0 Å². The SMILES string of the molecule is CC1(C)CC=C(/C=C/C2OCCO2)CC1. The van der Waals surface area contributed by atoms with Crippen LogP contribution in [0.25, 0.3) is 0 Å². The van der Waals surface area contributed by atoms with E-state index in [0.29, 0.717) is 5.41 Å². The van der Waals surface area contributed by atoms with E-state index in [9.17, 15) is 0 Å². The first-order valence-electron chi connectivity index (χ1n) is 5.76. The monoisotopic (exact) mass is 208 g/mol. The highest BCUT2D eigenvalue weighted by Crippen LogP contribution is 2.34. The highest BCUT2D eigenvalue weighted by Gasteiger charge is 2.20. The van der Waals surface area contributed by atoms with Crippen LogP contribution in [-0.4, -0.2) is 19.5 Å². The van der Waals surface area contributed by atoms with Crippen molar-refractivity contribution in [1.82, 2.24) is 0 Å². The highest BCUT2D eigenvalue weighted by molar-refractivity contribution is 5.22. The normalized spacial score (nSPS) is 27.2. The molecule has 2 rings (SSSR count). The number of ether oxygens (including phenoxy) is 2. The van der Waals surface area contributed by atoms with Crippen LogP contribution >= 0.6 is 0 Å². The zero-order chi connectivity index (χ0) is 10.7. The number of hydrogen-bond acceptors (Lipinski definition) is 2.